The topological polar surface area (TPSA) is 50.4 Å². The summed E-state index contributed by atoms with van der Waals surface area (Å²) >= 11 is 3.45. The summed E-state index contributed by atoms with van der Waals surface area (Å²) in [6.45, 7) is 4.86. The normalized spacial score (nSPS) is 11.5. The summed E-state index contributed by atoms with van der Waals surface area (Å²) < 4.78 is 0.989. The number of nitrogens with two attached hydrogens (primary N) is 1. The van der Waals surface area contributed by atoms with Gasteiger partial charge in [-0.2, -0.15) is 0 Å². The molecule has 0 saturated heterocycles. The van der Waals surface area contributed by atoms with Crippen molar-refractivity contribution in [3.05, 3.63) is 28.2 Å². The van der Waals surface area contributed by atoms with Crippen LogP contribution in [0.2, 0.25) is 0 Å². The number of benzene rings is 1. The number of hydrogen-bond donors (Lipinski definition) is 2. The number of aryl methyl sites for hydroxylation is 1. The average molecular weight is 270 g/mol. The summed E-state index contributed by atoms with van der Waals surface area (Å²) in [6, 6.07) is 6.05. The Morgan fingerprint density at radius 1 is 1.53 bits per heavy atom. The maximum absolute atomic E-state index is 5.73. The van der Waals surface area contributed by atoms with E-state index in [0.29, 0.717) is 5.96 Å². The van der Waals surface area contributed by atoms with Crippen LogP contribution < -0.4 is 11.1 Å². The molecule has 82 valence electrons. The van der Waals surface area contributed by atoms with Gasteiger partial charge in [-0.25, -0.2) is 0 Å². The molecule has 0 heterocycles. The molecule has 0 saturated carbocycles. The number of anilines is 1. The number of halogens is 1. The fraction of sp³-hybridized carbons (Fsp3) is 0.364. The van der Waals surface area contributed by atoms with Crippen LogP contribution in [0.4, 0.5) is 5.69 Å². The number of hydrogen-bond acceptors (Lipinski definition) is 1. The summed E-state index contributed by atoms with van der Waals surface area (Å²) in [6.07, 6.45) is 0.997. The second-order valence-electron chi connectivity index (χ2n) is 3.38. The SMILES string of the molecule is CCCN=C(N)Nc1cc(C)ccc1Br. The van der Waals surface area contributed by atoms with Gasteiger partial charge in [0.15, 0.2) is 5.96 Å². The van der Waals surface area contributed by atoms with Gasteiger partial charge in [0, 0.05) is 11.0 Å². The first-order chi connectivity index (χ1) is 7.13. The van der Waals surface area contributed by atoms with Gasteiger partial charge in [0.05, 0.1) is 5.69 Å². The predicted octanol–water partition coefficient (Wildman–Crippen LogP) is 2.89. The minimum absolute atomic E-state index is 0.461. The first-order valence-electron chi connectivity index (χ1n) is 4.96. The van der Waals surface area contributed by atoms with Crippen molar-refractivity contribution in [1.29, 1.82) is 0 Å². The Hall–Kier alpha value is -1.03. The first kappa shape index (κ1) is 12.0. The monoisotopic (exact) mass is 269 g/mol. The molecular weight excluding hydrogens is 254 g/mol. The van der Waals surface area contributed by atoms with Gasteiger partial charge >= 0.3 is 0 Å². The largest absolute Gasteiger partial charge is 0.370 e. The molecule has 0 bridgehead atoms. The summed E-state index contributed by atoms with van der Waals surface area (Å²) in [5.74, 6) is 0.461. The smallest absolute Gasteiger partial charge is 0.193 e. The van der Waals surface area contributed by atoms with E-state index in [2.05, 4.69) is 33.2 Å². The third-order valence-corrected chi connectivity index (χ3v) is 2.58. The molecule has 0 unspecified atom stereocenters. The molecule has 0 radical (unpaired) electrons. The van der Waals surface area contributed by atoms with E-state index in [4.69, 9.17) is 5.73 Å². The quantitative estimate of drug-likeness (QED) is 0.655. The van der Waals surface area contributed by atoms with E-state index in [1.807, 2.05) is 25.1 Å². The van der Waals surface area contributed by atoms with E-state index >= 15 is 0 Å². The highest BCUT2D eigenvalue weighted by Crippen LogP contribution is 2.22. The van der Waals surface area contributed by atoms with E-state index in [1.165, 1.54) is 5.56 Å². The first-order valence-corrected chi connectivity index (χ1v) is 5.76. The zero-order chi connectivity index (χ0) is 11.3. The van der Waals surface area contributed by atoms with Crippen molar-refractivity contribution >= 4 is 27.6 Å². The second-order valence-corrected chi connectivity index (χ2v) is 4.23. The van der Waals surface area contributed by atoms with E-state index in [0.717, 1.165) is 23.1 Å². The number of nitrogens with one attached hydrogen (secondary N) is 1. The van der Waals surface area contributed by atoms with Gasteiger partial charge in [-0.05, 0) is 47.0 Å². The van der Waals surface area contributed by atoms with Crippen LogP contribution in [0.25, 0.3) is 0 Å². The molecule has 0 aliphatic carbocycles. The summed E-state index contributed by atoms with van der Waals surface area (Å²) in [5, 5.41) is 3.07. The molecule has 3 nitrogen and oxygen atoms in total. The second kappa shape index (κ2) is 5.75. The van der Waals surface area contributed by atoms with Crippen LogP contribution in [-0.4, -0.2) is 12.5 Å². The minimum atomic E-state index is 0.461. The van der Waals surface area contributed by atoms with Gasteiger partial charge in [0.2, 0.25) is 0 Å². The fourth-order valence-electron chi connectivity index (χ4n) is 1.14. The van der Waals surface area contributed by atoms with Gasteiger partial charge in [-0.15, -0.1) is 0 Å². The highest BCUT2D eigenvalue weighted by atomic mass is 79.9. The van der Waals surface area contributed by atoms with Gasteiger partial charge in [-0.3, -0.25) is 4.99 Å². The van der Waals surface area contributed by atoms with Gasteiger partial charge < -0.3 is 11.1 Å². The predicted molar refractivity (Wildman–Crippen MR) is 69.3 cm³/mol. The lowest BCUT2D eigenvalue weighted by molar-refractivity contribution is 0.929. The van der Waals surface area contributed by atoms with Crippen molar-refractivity contribution in [2.24, 2.45) is 10.7 Å². The molecule has 1 aromatic rings. The summed E-state index contributed by atoms with van der Waals surface area (Å²) in [7, 11) is 0. The van der Waals surface area contributed by atoms with Crippen LogP contribution in [0.15, 0.2) is 27.7 Å². The molecule has 0 atom stereocenters. The molecular formula is C11H16BrN3. The Morgan fingerprint density at radius 3 is 2.93 bits per heavy atom. The molecule has 0 spiro atoms. The van der Waals surface area contributed by atoms with Gasteiger partial charge in [0.1, 0.15) is 0 Å². The van der Waals surface area contributed by atoms with Gasteiger partial charge in [-0.1, -0.05) is 13.0 Å². The zero-order valence-corrected chi connectivity index (χ0v) is 10.6. The van der Waals surface area contributed by atoms with E-state index in [-0.39, 0.29) is 0 Å². The van der Waals surface area contributed by atoms with Crippen molar-refractivity contribution < 1.29 is 0 Å². The zero-order valence-electron chi connectivity index (χ0n) is 9.05. The number of nitrogens with zero attached hydrogens (tertiary/aromatic N) is 1. The van der Waals surface area contributed by atoms with Crippen molar-refractivity contribution in [3.8, 4) is 0 Å². The minimum Gasteiger partial charge on any atom is -0.370 e. The molecule has 4 heteroatoms. The average Bonchev–Trinajstić information content (AvgIpc) is 2.20. The molecule has 15 heavy (non-hydrogen) atoms. The van der Waals surface area contributed by atoms with Crippen molar-refractivity contribution in [1.82, 2.24) is 0 Å². The van der Waals surface area contributed by atoms with E-state index < -0.39 is 0 Å². The Bertz CT molecular complexity index is 361. The molecule has 0 aromatic heterocycles. The molecule has 0 amide bonds. The van der Waals surface area contributed by atoms with Crippen molar-refractivity contribution in [3.63, 3.8) is 0 Å². The van der Waals surface area contributed by atoms with Gasteiger partial charge in [0.25, 0.3) is 0 Å². The van der Waals surface area contributed by atoms with Crippen molar-refractivity contribution in [2.75, 3.05) is 11.9 Å². The molecule has 0 fully saturated rings. The Labute approximate surface area is 98.9 Å². The van der Waals surface area contributed by atoms with Crippen molar-refractivity contribution in [2.45, 2.75) is 20.3 Å². The molecule has 0 aliphatic heterocycles. The van der Waals surface area contributed by atoms with E-state index in [9.17, 15) is 0 Å². The number of rotatable bonds is 3. The number of aliphatic imine (C=N–C) groups is 1. The maximum Gasteiger partial charge on any atom is 0.193 e. The van der Waals surface area contributed by atoms with Crippen LogP contribution in [0, 0.1) is 6.92 Å². The van der Waals surface area contributed by atoms with Crippen LogP contribution in [0.1, 0.15) is 18.9 Å². The lowest BCUT2D eigenvalue weighted by Crippen LogP contribution is -2.23. The maximum atomic E-state index is 5.73. The highest BCUT2D eigenvalue weighted by molar-refractivity contribution is 9.10. The summed E-state index contributed by atoms with van der Waals surface area (Å²) in [5.41, 5.74) is 7.86. The molecule has 1 aromatic carbocycles. The Balaban J connectivity index is 2.75. The van der Waals surface area contributed by atoms with Crippen LogP contribution in [-0.2, 0) is 0 Å². The van der Waals surface area contributed by atoms with Crippen LogP contribution >= 0.6 is 15.9 Å². The van der Waals surface area contributed by atoms with Crippen LogP contribution in [0.5, 0.6) is 0 Å². The third kappa shape index (κ3) is 3.91. The molecule has 0 aliphatic rings. The summed E-state index contributed by atoms with van der Waals surface area (Å²) in [4.78, 5) is 4.17. The highest BCUT2D eigenvalue weighted by Gasteiger charge is 2.00. The number of guanidine groups is 1. The van der Waals surface area contributed by atoms with Crippen LogP contribution in [0.3, 0.4) is 0 Å². The van der Waals surface area contributed by atoms with E-state index in [1.54, 1.807) is 0 Å². The lowest BCUT2D eigenvalue weighted by atomic mass is 10.2. The molecule has 3 N–H and O–H groups in total. The third-order valence-electron chi connectivity index (χ3n) is 1.89. The molecule has 1 rings (SSSR count). The Morgan fingerprint density at radius 2 is 2.27 bits per heavy atom. The fourth-order valence-corrected chi connectivity index (χ4v) is 1.49. The standard InChI is InChI=1S/C11H16BrN3/c1-3-6-14-11(13)15-10-7-8(2)4-5-9(10)12/h4-5,7H,3,6H2,1-2H3,(H3,13,14,15). The lowest BCUT2D eigenvalue weighted by Gasteiger charge is -2.08. The Kier molecular flexibility index (Phi) is 4.62.